The lowest BCUT2D eigenvalue weighted by molar-refractivity contribution is 0.0988. The molecule has 2 rings (SSSR count). The maximum Gasteiger partial charge on any atom is 0.201 e. The molecule has 0 heterocycles. The van der Waals surface area contributed by atoms with Gasteiger partial charge in [0.05, 0.1) is 9.81 Å². The van der Waals surface area contributed by atoms with Crippen LogP contribution in [0.15, 0.2) is 34.1 Å². The number of hydrogen-bond acceptors (Lipinski definition) is 4. The molecule has 1 aliphatic rings. The lowest BCUT2D eigenvalue weighted by Gasteiger charge is -2.20. The third-order valence-electron chi connectivity index (χ3n) is 6.23. The van der Waals surface area contributed by atoms with Gasteiger partial charge in [0.2, 0.25) is 11.6 Å². The number of benzene rings is 1. The van der Waals surface area contributed by atoms with E-state index in [1.807, 2.05) is 12.1 Å². The molecule has 0 unspecified atom stereocenters. The SMILES string of the molecule is CCCCCCCCCCCCCCCCSC1=C(SCCC)C(=O)c2ccccc2C1=O. The van der Waals surface area contributed by atoms with Gasteiger partial charge in [-0.15, -0.1) is 23.5 Å². The summed E-state index contributed by atoms with van der Waals surface area (Å²) in [6, 6.07) is 7.28. The van der Waals surface area contributed by atoms with Crippen molar-refractivity contribution in [3.63, 3.8) is 0 Å². The fourth-order valence-electron chi connectivity index (χ4n) is 4.27. The Balaban J connectivity index is 1.62. The Bertz CT molecular complexity index is 754. The summed E-state index contributed by atoms with van der Waals surface area (Å²) in [6.45, 7) is 4.39. The van der Waals surface area contributed by atoms with Crippen LogP contribution in [-0.4, -0.2) is 23.1 Å². The third kappa shape index (κ3) is 10.0. The number of hydrogen-bond donors (Lipinski definition) is 0. The van der Waals surface area contributed by atoms with Gasteiger partial charge in [-0.05, 0) is 24.3 Å². The molecular formula is C29H44O2S2. The van der Waals surface area contributed by atoms with Crippen LogP contribution in [0.2, 0.25) is 0 Å². The Hall–Kier alpha value is -1.00. The standard InChI is InChI=1S/C29H44O2S2/c1-3-5-6-7-8-9-10-11-12-13-14-15-16-19-23-33-29-27(31)25-21-18-17-20-24(25)26(30)28(29)32-22-4-2/h17-18,20-21H,3-16,19,22-23H2,1-2H3. The van der Waals surface area contributed by atoms with Gasteiger partial charge in [0.1, 0.15) is 0 Å². The lowest BCUT2D eigenvalue weighted by atomic mass is 9.94. The van der Waals surface area contributed by atoms with Gasteiger partial charge in [0, 0.05) is 11.1 Å². The van der Waals surface area contributed by atoms with Crippen LogP contribution >= 0.6 is 23.5 Å². The molecule has 0 spiro atoms. The van der Waals surface area contributed by atoms with Crippen LogP contribution in [0.5, 0.6) is 0 Å². The van der Waals surface area contributed by atoms with E-state index < -0.39 is 0 Å². The van der Waals surface area contributed by atoms with Crippen molar-refractivity contribution >= 4 is 35.1 Å². The highest BCUT2D eigenvalue weighted by molar-refractivity contribution is 8.08. The molecule has 1 aliphatic carbocycles. The largest absolute Gasteiger partial charge is 0.288 e. The van der Waals surface area contributed by atoms with Crippen LogP contribution in [0, 0.1) is 0 Å². The van der Waals surface area contributed by atoms with E-state index in [0.29, 0.717) is 20.9 Å². The zero-order chi connectivity index (χ0) is 23.7. The number of fused-ring (bicyclic) bond motifs is 1. The normalized spacial score (nSPS) is 13.6. The molecule has 0 amide bonds. The van der Waals surface area contributed by atoms with Gasteiger partial charge in [-0.25, -0.2) is 0 Å². The van der Waals surface area contributed by atoms with Crippen LogP contribution in [0.4, 0.5) is 0 Å². The van der Waals surface area contributed by atoms with E-state index in [2.05, 4.69) is 13.8 Å². The summed E-state index contributed by atoms with van der Waals surface area (Å²) < 4.78 is 0. The van der Waals surface area contributed by atoms with Gasteiger partial charge in [-0.2, -0.15) is 0 Å². The van der Waals surface area contributed by atoms with Gasteiger partial charge in [-0.3, -0.25) is 9.59 Å². The molecule has 33 heavy (non-hydrogen) atoms. The van der Waals surface area contributed by atoms with Crippen molar-refractivity contribution < 1.29 is 9.59 Å². The maximum absolute atomic E-state index is 13.1. The fraction of sp³-hybridized carbons (Fsp3) is 0.655. The zero-order valence-electron chi connectivity index (χ0n) is 21.0. The van der Waals surface area contributed by atoms with Crippen LogP contribution in [0.25, 0.3) is 0 Å². The zero-order valence-corrected chi connectivity index (χ0v) is 22.6. The van der Waals surface area contributed by atoms with E-state index in [4.69, 9.17) is 0 Å². The van der Waals surface area contributed by atoms with Crippen LogP contribution < -0.4 is 0 Å². The van der Waals surface area contributed by atoms with E-state index in [0.717, 1.165) is 24.3 Å². The molecule has 0 aromatic heterocycles. The van der Waals surface area contributed by atoms with Crippen molar-refractivity contribution in [1.29, 1.82) is 0 Å². The quantitative estimate of drug-likeness (QED) is 0.181. The minimum atomic E-state index is 0.0344. The second kappa shape index (κ2) is 17.4. The number of Topliss-reactive ketones (excluding diaryl/α,β-unsaturated/α-hetero) is 2. The van der Waals surface area contributed by atoms with Crippen molar-refractivity contribution in [2.75, 3.05) is 11.5 Å². The Labute approximate surface area is 211 Å². The van der Waals surface area contributed by atoms with E-state index in [1.54, 1.807) is 35.7 Å². The van der Waals surface area contributed by atoms with E-state index in [9.17, 15) is 9.59 Å². The highest BCUT2D eigenvalue weighted by atomic mass is 32.2. The van der Waals surface area contributed by atoms with Crippen LogP contribution in [-0.2, 0) is 0 Å². The molecule has 0 radical (unpaired) electrons. The Morgan fingerprint density at radius 2 is 0.909 bits per heavy atom. The topological polar surface area (TPSA) is 34.1 Å². The van der Waals surface area contributed by atoms with Gasteiger partial charge in [-0.1, -0.05) is 122 Å². The van der Waals surface area contributed by atoms with Crippen LogP contribution in [0.1, 0.15) is 131 Å². The molecule has 0 bridgehead atoms. The first-order chi connectivity index (χ1) is 16.2. The second-order valence-electron chi connectivity index (χ2n) is 9.16. The minimum absolute atomic E-state index is 0.0344. The summed E-state index contributed by atoms with van der Waals surface area (Å²) in [4.78, 5) is 27.4. The van der Waals surface area contributed by atoms with Crippen molar-refractivity contribution in [3.05, 3.63) is 45.2 Å². The number of allylic oxidation sites excluding steroid dienone is 2. The van der Waals surface area contributed by atoms with Gasteiger partial charge >= 0.3 is 0 Å². The number of ketones is 2. The average Bonchev–Trinajstić information content (AvgIpc) is 2.84. The molecule has 0 atom stereocenters. The number of unbranched alkanes of at least 4 members (excludes halogenated alkanes) is 13. The summed E-state index contributed by atoms with van der Waals surface area (Å²) in [7, 11) is 0. The molecule has 0 aliphatic heterocycles. The molecule has 2 nitrogen and oxygen atoms in total. The summed E-state index contributed by atoms with van der Waals surface area (Å²) in [5, 5.41) is 0. The van der Waals surface area contributed by atoms with Gasteiger partial charge in [0.25, 0.3) is 0 Å². The van der Waals surface area contributed by atoms with Gasteiger partial charge < -0.3 is 0 Å². The molecule has 0 fully saturated rings. The monoisotopic (exact) mass is 488 g/mol. The Morgan fingerprint density at radius 3 is 1.33 bits per heavy atom. The highest BCUT2D eigenvalue weighted by Gasteiger charge is 2.32. The predicted molar refractivity (Wildman–Crippen MR) is 148 cm³/mol. The van der Waals surface area contributed by atoms with E-state index in [-0.39, 0.29) is 11.6 Å². The first-order valence-corrected chi connectivity index (χ1v) is 15.4. The van der Waals surface area contributed by atoms with Crippen LogP contribution in [0.3, 0.4) is 0 Å². The first-order valence-electron chi connectivity index (χ1n) is 13.4. The van der Waals surface area contributed by atoms with Crippen molar-refractivity contribution in [2.45, 2.75) is 110 Å². The molecule has 0 saturated carbocycles. The molecule has 0 N–H and O–H groups in total. The summed E-state index contributed by atoms with van der Waals surface area (Å²) in [5.41, 5.74) is 1.15. The second-order valence-corrected chi connectivity index (χ2v) is 11.4. The molecule has 4 heteroatoms. The number of carbonyl (C=O) groups is 2. The average molecular weight is 489 g/mol. The molecule has 184 valence electrons. The summed E-state index contributed by atoms with van der Waals surface area (Å²) in [5.74, 6) is 1.87. The molecule has 0 saturated heterocycles. The number of rotatable bonds is 19. The molecule has 1 aromatic carbocycles. The number of carbonyl (C=O) groups excluding carboxylic acids is 2. The van der Waals surface area contributed by atoms with Crippen molar-refractivity contribution in [3.8, 4) is 0 Å². The maximum atomic E-state index is 13.1. The molecular weight excluding hydrogens is 444 g/mol. The summed E-state index contributed by atoms with van der Waals surface area (Å²) in [6.07, 6.45) is 19.9. The Morgan fingerprint density at radius 1 is 0.515 bits per heavy atom. The van der Waals surface area contributed by atoms with Crippen molar-refractivity contribution in [1.82, 2.24) is 0 Å². The van der Waals surface area contributed by atoms with E-state index >= 15 is 0 Å². The number of thioether (sulfide) groups is 2. The summed E-state index contributed by atoms with van der Waals surface area (Å²) >= 11 is 3.16. The van der Waals surface area contributed by atoms with Gasteiger partial charge in [0.15, 0.2) is 0 Å². The highest BCUT2D eigenvalue weighted by Crippen LogP contribution is 2.38. The lowest BCUT2D eigenvalue weighted by Crippen LogP contribution is -2.20. The predicted octanol–water partition coefficient (Wildman–Crippen LogP) is 9.63. The Kier molecular flexibility index (Phi) is 14.9. The molecule has 1 aromatic rings. The fourth-order valence-corrected chi connectivity index (χ4v) is 6.51. The smallest absolute Gasteiger partial charge is 0.201 e. The van der Waals surface area contributed by atoms with E-state index in [1.165, 1.54) is 83.5 Å². The minimum Gasteiger partial charge on any atom is -0.288 e. The third-order valence-corrected chi connectivity index (χ3v) is 8.82. The van der Waals surface area contributed by atoms with Crippen molar-refractivity contribution in [2.24, 2.45) is 0 Å². The first kappa shape index (κ1) is 28.2.